The summed E-state index contributed by atoms with van der Waals surface area (Å²) in [6.07, 6.45) is 0.0718. The molecule has 1 aliphatic rings. The van der Waals surface area contributed by atoms with Crippen LogP contribution in [0.3, 0.4) is 0 Å². The zero-order chi connectivity index (χ0) is 20.1. The fourth-order valence-electron chi connectivity index (χ4n) is 3.19. The van der Waals surface area contributed by atoms with Crippen LogP contribution in [0.4, 0.5) is 4.79 Å². The molecule has 0 aliphatic carbocycles. The third-order valence-electron chi connectivity index (χ3n) is 4.52. The minimum absolute atomic E-state index is 0.129. The molecular weight excluding hydrogens is 364 g/mol. The Balaban J connectivity index is 1.57. The first kappa shape index (κ1) is 19.9. The molecule has 1 aromatic carbocycles. The highest BCUT2D eigenvalue weighted by Gasteiger charge is 2.32. The van der Waals surface area contributed by atoms with Crippen LogP contribution >= 0.6 is 0 Å². The molecule has 2 aromatic rings. The second-order valence-electron chi connectivity index (χ2n) is 6.68. The van der Waals surface area contributed by atoms with Crippen LogP contribution in [0.1, 0.15) is 30.3 Å². The van der Waals surface area contributed by atoms with E-state index in [9.17, 15) is 4.79 Å². The van der Waals surface area contributed by atoms with Gasteiger partial charge in [0, 0.05) is 13.1 Å². The molecule has 1 aromatic heterocycles. The van der Waals surface area contributed by atoms with Gasteiger partial charge in [0.15, 0.2) is 11.9 Å². The number of urea groups is 1. The summed E-state index contributed by atoms with van der Waals surface area (Å²) < 4.78 is 21.7. The van der Waals surface area contributed by atoms with Crippen LogP contribution in [0.25, 0.3) is 0 Å². The molecule has 1 fully saturated rings. The number of aromatic nitrogens is 2. The van der Waals surface area contributed by atoms with Crippen LogP contribution in [0.2, 0.25) is 0 Å². The van der Waals surface area contributed by atoms with Gasteiger partial charge in [-0.3, -0.25) is 0 Å². The van der Waals surface area contributed by atoms with E-state index in [1.54, 1.807) is 26.0 Å². The standard InChI is InChI=1S/C19H26N4O5/c1-12-10-23(11-17(27-12)18-21-13(2)22-28-18)19(24)20-8-7-14-9-15(25-3)5-6-16(14)26-4/h5-6,9,12,17H,7-8,10-11H2,1-4H3,(H,20,24)/t12-,17-/m1/s1. The molecule has 2 heterocycles. The van der Waals surface area contributed by atoms with Gasteiger partial charge in [0.05, 0.1) is 26.9 Å². The van der Waals surface area contributed by atoms with E-state index >= 15 is 0 Å². The molecule has 2 atom stereocenters. The average molecular weight is 390 g/mol. The smallest absolute Gasteiger partial charge is 0.317 e. The fourth-order valence-corrected chi connectivity index (χ4v) is 3.19. The van der Waals surface area contributed by atoms with Gasteiger partial charge in [-0.05, 0) is 44.0 Å². The molecule has 9 nitrogen and oxygen atoms in total. The van der Waals surface area contributed by atoms with Crippen molar-refractivity contribution < 1.29 is 23.5 Å². The van der Waals surface area contributed by atoms with Crippen molar-refractivity contribution in [2.75, 3.05) is 33.9 Å². The highest BCUT2D eigenvalue weighted by atomic mass is 16.5. The molecule has 3 rings (SSSR count). The second kappa shape index (κ2) is 8.92. The van der Waals surface area contributed by atoms with Crippen molar-refractivity contribution in [1.29, 1.82) is 0 Å². The maximum Gasteiger partial charge on any atom is 0.317 e. The van der Waals surface area contributed by atoms with Crippen molar-refractivity contribution in [3.63, 3.8) is 0 Å². The van der Waals surface area contributed by atoms with Gasteiger partial charge in [0.2, 0.25) is 0 Å². The molecule has 0 unspecified atom stereocenters. The van der Waals surface area contributed by atoms with E-state index in [-0.39, 0.29) is 12.1 Å². The molecule has 0 bridgehead atoms. The molecule has 2 amide bonds. The molecule has 1 saturated heterocycles. The minimum Gasteiger partial charge on any atom is -0.497 e. The monoisotopic (exact) mass is 390 g/mol. The maximum atomic E-state index is 12.6. The summed E-state index contributed by atoms with van der Waals surface area (Å²) in [6, 6.07) is 5.46. The topological polar surface area (TPSA) is 99.0 Å². The highest BCUT2D eigenvalue weighted by Crippen LogP contribution is 2.25. The molecule has 9 heteroatoms. The Bertz CT molecular complexity index is 809. The number of morpholine rings is 1. The van der Waals surface area contributed by atoms with Gasteiger partial charge < -0.3 is 29.0 Å². The Kier molecular flexibility index (Phi) is 6.35. The Morgan fingerprint density at radius 2 is 2.14 bits per heavy atom. The minimum atomic E-state index is -0.422. The summed E-state index contributed by atoms with van der Waals surface area (Å²) in [5.74, 6) is 2.45. The van der Waals surface area contributed by atoms with Crippen molar-refractivity contribution in [2.45, 2.75) is 32.5 Å². The van der Waals surface area contributed by atoms with Crippen LogP contribution in [0.5, 0.6) is 11.5 Å². The Labute approximate surface area is 163 Å². The number of methoxy groups -OCH3 is 2. The van der Waals surface area contributed by atoms with Gasteiger partial charge in [-0.25, -0.2) is 4.79 Å². The number of carbonyl (C=O) groups excluding carboxylic acids is 1. The van der Waals surface area contributed by atoms with Gasteiger partial charge in [0.1, 0.15) is 11.5 Å². The summed E-state index contributed by atoms with van der Waals surface area (Å²) >= 11 is 0. The Morgan fingerprint density at radius 3 is 2.82 bits per heavy atom. The highest BCUT2D eigenvalue weighted by molar-refractivity contribution is 5.74. The average Bonchev–Trinajstić information content (AvgIpc) is 3.13. The lowest BCUT2D eigenvalue weighted by Crippen LogP contribution is -2.50. The predicted octanol–water partition coefficient (Wildman–Crippen LogP) is 2.11. The molecule has 152 valence electrons. The largest absolute Gasteiger partial charge is 0.497 e. The van der Waals surface area contributed by atoms with Gasteiger partial charge in [-0.1, -0.05) is 5.16 Å². The van der Waals surface area contributed by atoms with Crippen LogP contribution in [-0.4, -0.2) is 61.0 Å². The summed E-state index contributed by atoms with van der Waals surface area (Å²) in [5, 5.41) is 6.75. The molecule has 0 spiro atoms. The zero-order valence-electron chi connectivity index (χ0n) is 16.6. The van der Waals surface area contributed by atoms with Gasteiger partial charge in [0.25, 0.3) is 5.89 Å². The van der Waals surface area contributed by atoms with E-state index in [1.807, 2.05) is 25.1 Å². The van der Waals surface area contributed by atoms with Crippen LogP contribution < -0.4 is 14.8 Å². The van der Waals surface area contributed by atoms with Crippen molar-refractivity contribution >= 4 is 6.03 Å². The molecule has 1 N–H and O–H groups in total. The molecule has 1 aliphatic heterocycles. The molecule has 28 heavy (non-hydrogen) atoms. The first-order valence-electron chi connectivity index (χ1n) is 9.19. The van der Waals surface area contributed by atoms with E-state index < -0.39 is 6.10 Å². The lowest BCUT2D eigenvalue weighted by Gasteiger charge is -2.35. The molecule has 0 radical (unpaired) electrons. The summed E-state index contributed by atoms with van der Waals surface area (Å²) in [6.45, 7) is 4.99. The van der Waals surface area contributed by atoms with E-state index in [0.717, 1.165) is 17.1 Å². The van der Waals surface area contributed by atoms with Crippen molar-refractivity contribution in [1.82, 2.24) is 20.4 Å². The summed E-state index contributed by atoms with van der Waals surface area (Å²) in [5.41, 5.74) is 0.969. The zero-order valence-corrected chi connectivity index (χ0v) is 16.6. The van der Waals surface area contributed by atoms with Gasteiger partial charge in [-0.2, -0.15) is 4.98 Å². The predicted molar refractivity (Wildman–Crippen MR) is 101 cm³/mol. The van der Waals surface area contributed by atoms with Crippen molar-refractivity contribution in [3.8, 4) is 11.5 Å². The number of rotatable bonds is 6. The number of nitrogens with one attached hydrogen (secondary N) is 1. The third-order valence-corrected chi connectivity index (χ3v) is 4.52. The summed E-state index contributed by atoms with van der Waals surface area (Å²) in [4.78, 5) is 18.6. The number of carbonyl (C=O) groups is 1. The van der Waals surface area contributed by atoms with E-state index in [0.29, 0.717) is 37.8 Å². The number of hydrogen-bond donors (Lipinski definition) is 1. The third kappa shape index (κ3) is 4.72. The number of amides is 2. The van der Waals surface area contributed by atoms with E-state index in [2.05, 4.69) is 15.5 Å². The van der Waals surface area contributed by atoms with Crippen LogP contribution in [0.15, 0.2) is 22.7 Å². The number of benzene rings is 1. The molecular formula is C19H26N4O5. The lowest BCUT2D eigenvalue weighted by atomic mass is 10.1. The second-order valence-corrected chi connectivity index (χ2v) is 6.68. The quantitative estimate of drug-likeness (QED) is 0.806. The lowest BCUT2D eigenvalue weighted by molar-refractivity contribution is -0.0781. The fraction of sp³-hybridized carbons (Fsp3) is 0.526. The SMILES string of the molecule is COc1ccc(OC)c(CCNC(=O)N2C[C@@H](C)O[C@@H](c3nc(C)no3)C2)c1. The summed E-state index contributed by atoms with van der Waals surface area (Å²) in [7, 11) is 3.24. The number of hydrogen-bond acceptors (Lipinski definition) is 7. The Hall–Kier alpha value is -2.81. The van der Waals surface area contributed by atoms with E-state index in [1.165, 1.54) is 0 Å². The van der Waals surface area contributed by atoms with E-state index in [4.69, 9.17) is 18.7 Å². The maximum absolute atomic E-state index is 12.6. The number of nitrogens with zero attached hydrogens (tertiary/aromatic N) is 3. The number of ether oxygens (including phenoxy) is 3. The first-order chi connectivity index (χ1) is 13.5. The van der Waals surface area contributed by atoms with Gasteiger partial charge >= 0.3 is 6.03 Å². The van der Waals surface area contributed by atoms with Crippen LogP contribution in [-0.2, 0) is 11.2 Å². The van der Waals surface area contributed by atoms with Crippen LogP contribution in [0, 0.1) is 6.92 Å². The normalized spacial score (nSPS) is 19.4. The van der Waals surface area contributed by atoms with Gasteiger partial charge in [-0.15, -0.1) is 0 Å². The van der Waals surface area contributed by atoms with Crippen molar-refractivity contribution in [2.24, 2.45) is 0 Å². The first-order valence-corrected chi connectivity index (χ1v) is 9.19. The number of aryl methyl sites for hydroxylation is 1. The molecule has 0 saturated carbocycles. The Morgan fingerprint density at radius 1 is 1.32 bits per heavy atom. The van der Waals surface area contributed by atoms with Crippen molar-refractivity contribution in [3.05, 3.63) is 35.5 Å².